The molecule has 0 aliphatic rings. The lowest BCUT2D eigenvalue weighted by Gasteiger charge is -2.06. The molecule has 1 heterocycles. The second-order valence-corrected chi connectivity index (χ2v) is 6.07. The lowest BCUT2D eigenvalue weighted by molar-refractivity contribution is -0.134. The minimum absolute atomic E-state index is 0.209. The van der Waals surface area contributed by atoms with Crippen LogP contribution in [0.1, 0.15) is 12.8 Å². The highest BCUT2D eigenvalue weighted by Crippen LogP contribution is 2.27. The van der Waals surface area contributed by atoms with Crippen LogP contribution in [-0.4, -0.2) is 26.2 Å². The summed E-state index contributed by atoms with van der Waals surface area (Å²) in [4.78, 5) is 13.4. The maximum Gasteiger partial charge on any atom is 0.311 e. The molecule has 0 radical (unpaired) electrons. The molecule has 0 aliphatic carbocycles. The predicted molar refractivity (Wildman–Crippen MR) is 94.6 cm³/mol. The average Bonchev–Trinajstić information content (AvgIpc) is 3.07. The Bertz CT molecular complexity index is 868. The van der Waals surface area contributed by atoms with Crippen molar-refractivity contribution in [1.29, 1.82) is 0 Å². The first-order chi connectivity index (χ1) is 12.1. The third-order valence-corrected chi connectivity index (χ3v) is 3.87. The van der Waals surface area contributed by atoms with Crippen LogP contribution in [0.2, 0.25) is 10.0 Å². The normalized spacial score (nSPS) is 10.6. The van der Waals surface area contributed by atoms with Crippen molar-refractivity contribution < 1.29 is 9.53 Å². The highest BCUT2D eigenvalue weighted by atomic mass is 35.5. The van der Waals surface area contributed by atoms with Crippen molar-refractivity contribution in [3.8, 4) is 17.1 Å². The number of esters is 1. The number of benzene rings is 2. The van der Waals surface area contributed by atoms with Crippen molar-refractivity contribution in [2.24, 2.45) is 0 Å². The van der Waals surface area contributed by atoms with E-state index in [0.717, 1.165) is 5.56 Å². The standard InChI is InChI=1S/C17H14Cl2N4O2/c18-13-8-9-15(14(19)11-13)25-16(24)7-4-10-23-21-17(20-22-23)12-5-2-1-3-6-12/h1-3,5-6,8-9,11H,4,7,10H2. The molecule has 0 saturated heterocycles. The fourth-order valence-corrected chi connectivity index (χ4v) is 2.58. The van der Waals surface area contributed by atoms with Crippen LogP contribution >= 0.6 is 23.2 Å². The molecule has 0 unspecified atom stereocenters. The van der Waals surface area contributed by atoms with Crippen molar-refractivity contribution in [3.05, 3.63) is 58.6 Å². The van der Waals surface area contributed by atoms with E-state index >= 15 is 0 Å². The zero-order valence-corrected chi connectivity index (χ0v) is 14.6. The Kier molecular flexibility index (Phi) is 5.63. The van der Waals surface area contributed by atoms with E-state index in [1.165, 1.54) is 10.9 Å². The van der Waals surface area contributed by atoms with Crippen LogP contribution < -0.4 is 4.74 Å². The van der Waals surface area contributed by atoms with Gasteiger partial charge < -0.3 is 4.74 Å². The summed E-state index contributed by atoms with van der Waals surface area (Å²) in [6, 6.07) is 14.3. The number of hydrogen-bond acceptors (Lipinski definition) is 5. The molecular weight excluding hydrogens is 363 g/mol. The van der Waals surface area contributed by atoms with Crippen molar-refractivity contribution in [2.45, 2.75) is 19.4 Å². The minimum Gasteiger partial charge on any atom is -0.425 e. The lowest BCUT2D eigenvalue weighted by atomic mass is 10.2. The van der Waals surface area contributed by atoms with Crippen LogP contribution in [0, 0.1) is 0 Å². The number of rotatable bonds is 6. The summed E-state index contributed by atoms with van der Waals surface area (Å²) in [6.45, 7) is 0.462. The van der Waals surface area contributed by atoms with E-state index in [-0.39, 0.29) is 12.4 Å². The van der Waals surface area contributed by atoms with Crippen LogP contribution in [0.3, 0.4) is 0 Å². The topological polar surface area (TPSA) is 69.9 Å². The Hall–Kier alpha value is -2.44. The SMILES string of the molecule is O=C(CCCn1nnc(-c2ccccc2)n1)Oc1ccc(Cl)cc1Cl. The highest BCUT2D eigenvalue weighted by molar-refractivity contribution is 6.35. The largest absolute Gasteiger partial charge is 0.425 e. The number of nitrogens with zero attached hydrogens (tertiary/aromatic N) is 4. The number of carbonyl (C=O) groups is 1. The number of aromatic nitrogens is 4. The van der Waals surface area contributed by atoms with E-state index in [0.29, 0.717) is 34.6 Å². The summed E-state index contributed by atoms with van der Waals surface area (Å²) in [7, 11) is 0. The van der Waals surface area contributed by atoms with Gasteiger partial charge in [0.25, 0.3) is 0 Å². The van der Waals surface area contributed by atoms with Gasteiger partial charge in [0.15, 0.2) is 0 Å². The van der Waals surface area contributed by atoms with Crippen LogP contribution in [0.5, 0.6) is 5.75 Å². The van der Waals surface area contributed by atoms with Gasteiger partial charge in [-0.1, -0.05) is 53.5 Å². The number of aryl methyl sites for hydroxylation is 1. The Morgan fingerprint density at radius 2 is 1.92 bits per heavy atom. The second-order valence-electron chi connectivity index (χ2n) is 5.23. The van der Waals surface area contributed by atoms with Gasteiger partial charge in [0.1, 0.15) is 5.75 Å². The highest BCUT2D eigenvalue weighted by Gasteiger charge is 2.10. The molecule has 2 aromatic carbocycles. The molecule has 0 atom stereocenters. The zero-order chi connectivity index (χ0) is 17.6. The minimum atomic E-state index is -0.382. The smallest absolute Gasteiger partial charge is 0.311 e. The van der Waals surface area contributed by atoms with Gasteiger partial charge in [0.05, 0.1) is 11.6 Å². The first-order valence-electron chi connectivity index (χ1n) is 7.61. The maximum absolute atomic E-state index is 11.9. The third-order valence-electron chi connectivity index (χ3n) is 3.34. The van der Waals surface area contributed by atoms with Gasteiger partial charge in [0, 0.05) is 17.0 Å². The van der Waals surface area contributed by atoms with Crippen molar-refractivity contribution in [1.82, 2.24) is 20.2 Å². The first kappa shape index (κ1) is 17.4. The maximum atomic E-state index is 11.9. The summed E-state index contributed by atoms with van der Waals surface area (Å²) in [5, 5.41) is 13.1. The number of tetrazole rings is 1. The van der Waals surface area contributed by atoms with Gasteiger partial charge in [-0.2, -0.15) is 4.80 Å². The van der Waals surface area contributed by atoms with Crippen LogP contribution in [0.15, 0.2) is 48.5 Å². The van der Waals surface area contributed by atoms with Gasteiger partial charge in [-0.15, -0.1) is 10.2 Å². The number of carbonyl (C=O) groups excluding carboxylic acids is 1. The molecule has 0 bridgehead atoms. The number of hydrogen-bond donors (Lipinski definition) is 0. The van der Waals surface area contributed by atoms with Crippen LogP contribution in [-0.2, 0) is 11.3 Å². The summed E-state index contributed by atoms with van der Waals surface area (Å²) < 4.78 is 5.22. The van der Waals surface area contributed by atoms with Crippen molar-refractivity contribution >= 4 is 29.2 Å². The molecule has 1 aromatic heterocycles. The molecule has 0 N–H and O–H groups in total. The molecule has 3 aromatic rings. The molecule has 0 spiro atoms. The Labute approximate surface area is 154 Å². The van der Waals surface area contributed by atoms with Crippen molar-refractivity contribution in [2.75, 3.05) is 0 Å². The molecule has 8 heteroatoms. The molecular formula is C17H14Cl2N4O2. The lowest BCUT2D eigenvalue weighted by Crippen LogP contribution is -2.11. The Morgan fingerprint density at radius 1 is 1.12 bits per heavy atom. The van der Waals surface area contributed by atoms with E-state index < -0.39 is 0 Å². The first-order valence-corrected chi connectivity index (χ1v) is 8.36. The number of halogens is 2. The molecule has 0 aliphatic heterocycles. The zero-order valence-electron chi connectivity index (χ0n) is 13.1. The quantitative estimate of drug-likeness (QED) is 0.479. The van der Waals surface area contributed by atoms with Crippen molar-refractivity contribution in [3.63, 3.8) is 0 Å². The molecule has 0 saturated carbocycles. The fraction of sp³-hybridized carbons (Fsp3) is 0.176. The van der Waals surface area contributed by atoms with Gasteiger partial charge in [-0.3, -0.25) is 4.79 Å². The van der Waals surface area contributed by atoms with E-state index in [1.807, 2.05) is 30.3 Å². The van der Waals surface area contributed by atoms with Crippen LogP contribution in [0.4, 0.5) is 0 Å². The molecule has 25 heavy (non-hydrogen) atoms. The summed E-state index contributed by atoms with van der Waals surface area (Å²) in [5.41, 5.74) is 0.894. The van der Waals surface area contributed by atoms with Gasteiger partial charge in [-0.05, 0) is 29.8 Å². The fourth-order valence-electron chi connectivity index (χ4n) is 2.14. The monoisotopic (exact) mass is 376 g/mol. The predicted octanol–water partition coefficient (Wildman–Crippen LogP) is 4.03. The van der Waals surface area contributed by atoms with Gasteiger partial charge >= 0.3 is 5.97 Å². The Balaban J connectivity index is 1.49. The van der Waals surface area contributed by atoms with E-state index in [2.05, 4.69) is 15.4 Å². The Morgan fingerprint density at radius 3 is 2.68 bits per heavy atom. The second kappa shape index (κ2) is 8.09. The van der Waals surface area contributed by atoms with E-state index in [1.54, 1.807) is 12.1 Å². The molecule has 0 fully saturated rings. The van der Waals surface area contributed by atoms with E-state index in [4.69, 9.17) is 27.9 Å². The molecule has 0 amide bonds. The van der Waals surface area contributed by atoms with E-state index in [9.17, 15) is 4.79 Å². The molecule has 128 valence electrons. The summed E-state index contributed by atoms with van der Waals surface area (Å²) in [5.74, 6) is 0.463. The molecule has 3 rings (SSSR count). The number of ether oxygens (including phenoxy) is 1. The molecule has 6 nitrogen and oxygen atoms in total. The van der Waals surface area contributed by atoms with Gasteiger partial charge in [-0.25, -0.2) is 0 Å². The summed E-state index contributed by atoms with van der Waals surface area (Å²) in [6.07, 6.45) is 0.732. The van der Waals surface area contributed by atoms with Gasteiger partial charge in [0.2, 0.25) is 5.82 Å². The average molecular weight is 377 g/mol. The third kappa shape index (κ3) is 4.78. The van der Waals surface area contributed by atoms with Crippen LogP contribution in [0.25, 0.3) is 11.4 Å². The summed E-state index contributed by atoms with van der Waals surface area (Å²) >= 11 is 11.8.